The molecular formula is C20H25N3O6S2. The van der Waals surface area contributed by atoms with Crippen LogP contribution in [0.15, 0.2) is 58.3 Å². The summed E-state index contributed by atoms with van der Waals surface area (Å²) in [6.07, 6.45) is 0.861. The van der Waals surface area contributed by atoms with Gasteiger partial charge >= 0.3 is 0 Å². The van der Waals surface area contributed by atoms with Crippen LogP contribution in [0.4, 0.5) is 5.69 Å². The van der Waals surface area contributed by atoms with E-state index in [-0.39, 0.29) is 41.7 Å². The van der Waals surface area contributed by atoms with Gasteiger partial charge in [0.2, 0.25) is 20.0 Å². The Balaban J connectivity index is 1.69. The standard InChI is InChI=1S/C20H25N3O6S2/c1-16(2)15-17-3-7-19(8-4-17)30(26,27)21-11-13-22(14-12-21)31(28,29)20-9-5-18(6-10-20)23(24)25/h3-10,16H,11-15H2,1-2H3. The third kappa shape index (κ3) is 5.12. The summed E-state index contributed by atoms with van der Waals surface area (Å²) >= 11 is 0. The van der Waals surface area contributed by atoms with Crippen LogP contribution in [0, 0.1) is 16.0 Å². The van der Waals surface area contributed by atoms with Gasteiger partial charge in [-0.25, -0.2) is 16.8 Å². The van der Waals surface area contributed by atoms with Crippen molar-refractivity contribution in [2.45, 2.75) is 30.1 Å². The van der Waals surface area contributed by atoms with Gasteiger partial charge in [0.1, 0.15) is 0 Å². The maximum absolute atomic E-state index is 12.9. The Hall–Kier alpha value is -2.34. The molecule has 0 amide bonds. The Bertz CT molecular complexity index is 1140. The van der Waals surface area contributed by atoms with Crippen molar-refractivity contribution in [2.24, 2.45) is 5.92 Å². The van der Waals surface area contributed by atoms with Crippen LogP contribution in [0.1, 0.15) is 19.4 Å². The SMILES string of the molecule is CC(C)Cc1ccc(S(=O)(=O)N2CCN(S(=O)(=O)c3ccc([N+](=O)[O-])cc3)CC2)cc1. The Labute approximate surface area is 182 Å². The first kappa shape index (κ1) is 23.3. The van der Waals surface area contributed by atoms with Gasteiger partial charge in [0.15, 0.2) is 0 Å². The molecule has 168 valence electrons. The maximum Gasteiger partial charge on any atom is 0.269 e. The third-order valence-corrected chi connectivity index (χ3v) is 8.91. The minimum Gasteiger partial charge on any atom is -0.258 e. The van der Waals surface area contributed by atoms with E-state index in [0.29, 0.717) is 5.92 Å². The van der Waals surface area contributed by atoms with Crippen molar-refractivity contribution in [1.29, 1.82) is 0 Å². The Morgan fingerprint density at radius 1 is 0.806 bits per heavy atom. The number of nitro groups is 1. The zero-order valence-corrected chi connectivity index (χ0v) is 19.0. The Morgan fingerprint density at radius 3 is 1.55 bits per heavy atom. The van der Waals surface area contributed by atoms with Crippen molar-refractivity contribution >= 4 is 25.7 Å². The normalized spacial score (nSPS) is 16.5. The average molecular weight is 468 g/mol. The molecule has 1 saturated heterocycles. The van der Waals surface area contributed by atoms with Gasteiger partial charge in [-0.2, -0.15) is 8.61 Å². The highest BCUT2D eigenvalue weighted by atomic mass is 32.2. The molecule has 9 nitrogen and oxygen atoms in total. The van der Waals surface area contributed by atoms with Crippen molar-refractivity contribution in [2.75, 3.05) is 26.2 Å². The van der Waals surface area contributed by atoms with Gasteiger partial charge in [0.05, 0.1) is 14.7 Å². The molecule has 0 aliphatic carbocycles. The monoisotopic (exact) mass is 467 g/mol. The molecule has 3 rings (SSSR count). The molecule has 2 aromatic carbocycles. The number of rotatable bonds is 7. The first-order valence-corrected chi connectivity index (χ1v) is 12.7. The van der Waals surface area contributed by atoms with Crippen LogP contribution in [0.3, 0.4) is 0 Å². The number of hydrogen-bond donors (Lipinski definition) is 0. The maximum atomic E-state index is 12.9. The smallest absolute Gasteiger partial charge is 0.258 e. The van der Waals surface area contributed by atoms with E-state index in [9.17, 15) is 26.9 Å². The predicted octanol–water partition coefficient (Wildman–Crippen LogP) is 2.49. The molecule has 0 saturated carbocycles. The summed E-state index contributed by atoms with van der Waals surface area (Å²) in [6, 6.07) is 11.4. The lowest BCUT2D eigenvalue weighted by Gasteiger charge is -2.33. The van der Waals surface area contributed by atoms with E-state index in [2.05, 4.69) is 13.8 Å². The summed E-state index contributed by atoms with van der Waals surface area (Å²) in [6.45, 7) is 4.25. The van der Waals surface area contributed by atoms with Crippen LogP contribution in [-0.4, -0.2) is 56.5 Å². The highest BCUT2D eigenvalue weighted by molar-refractivity contribution is 7.89. The number of hydrogen-bond acceptors (Lipinski definition) is 6. The quantitative estimate of drug-likeness (QED) is 0.456. The first-order valence-electron chi connectivity index (χ1n) is 9.85. The molecular weight excluding hydrogens is 442 g/mol. The second-order valence-corrected chi connectivity index (χ2v) is 11.7. The second kappa shape index (κ2) is 9.03. The number of benzene rings is 2. The molecule has 1 aliphatic heterocycles. The summed E-state index contributed by atoms with van der Waals surface area (Å²) in [5.41, 5.74) is 0.863. The zero-order chi connectivity index (χ0) is 22.8. The topological polar surface area (TPSA) is 118 Å². The first-order chi connectivity index (χ1) is 14.5. The van der Waals surface area contributed by atoms with Crippen LogP contribution < -0.4 is 0 Å². The lowest BCUT2D eigenvalue weighted by atomic mass is 10.0. The van der Waals surface area contributed by atoms with Crippen molar-refractivity contribution in [3.8, 4) is 0 Å². The molecule has 1 fully saturated rings. The summed E-state index contributed by atoms with van der Waals surface area (Å²) in [5.74, 6) is 0.466. The molecule has 31 heavy (non-hydrogen) atoms. The molecule has 0 spiro atoms. The highest BCUT2D eigenvalue weighted by Crippen LogP contribution is 2.24. The van der Waals surface area contributed by atoms with Crippen LogP contribution in [0.5, 0.6) is 0 Å². The minimum atomic E-state index is -3.87. The summed E-state index contributed by atoms with van der Waals surface area (Å²) in [4.78, 5) is 10.3. The summed E-state index contributed by atoms with van der Waals surface area (Å²) < 4.78 is 54.0. The molecule has 0 atom stereocenters. The largest absolute Gasteiger partial charge is 0.269 e. The van der Waals surface area contributed by atoms with Crippen LogP contribution >= 0.6 is 0 Å². The second-order valence-electron chi connectivity index (χ2n) is 7.80. The number of piperazine rings is 1. The van der Waals surface area contributed by atoms with Crippen molar-refractivity contribution in [3.05, 3.63) is 64.2 Å². The van der Waals surface area contributed by atoms with E-state index in [4.69, 9.17) is 0 Å². The number of nitrogens with zero attached hydrogens (tertiary/aromatic N) is 3. The van der Waals surface area contributed by atoms with Crippen molar-refractivity contribution in [3.63, 3.8) is 0 Å². The lowest BCUT2D eigenvalue weighted by Crippen LogP contribution is -2.50. The van der Waals surface area contributed by atoms with E-state index in [0.717, 1.165) is 24.1 Å². The molecule has 1 heterocycles. The van der Waals surface area contributed by atoms with Gasteiger partial charge in [-0.15, -0.1) is 0 Å². The number of nitro benzene ring substituents is 1. The molecule has 0 aromatic heterocycles. The molecule has 0 radical (unpaired) electrons. The average Bonchev–Trinajstić information content (AvgIpc) is 2.74. The zero-order valence-electron chi connectivity index (χ0n) is 17.3. The van der Waals surface area contributed by atoms with Crippen LogP contribution in [0.2, 0.25) is 0 Å². The van der Waals surface area contributed by atoms with Crippen molar-refractivity contribution < 1.29 is 21.8 Å². The van der Waals surface area contributed by atoms with E-state index < -0.39 is 25.0 Å². The van der Waals surface area contributed by atoms with Gasteiger partial charge in [0.25, 0.3) is 5.69 Å². The molecule has 0 unspecified atom stereocenters. The minimum absolute atomic E-state index is 0.00395. The van der Waals surface area contributed by atoms with Gasteiger partial charge in [-0.3, -0.25) is 10.1 Å². The van der Waals surface area contributed by atoms with Crippen molar-refractivity contribution in [1.82, 2.24) is 8.61 Å². The molecule has 0 bridgehead atoms. The highest BCUT2D eigenvalue weighted by Gasteiger charge is 2.33. The fourth-order valence-electron chi connectivity index (χ4n) is 3.46. The molecule has 2 aromatic rings. The van der Waals surface area contributed by atoms with Crippen LogP contribution in [0.25, 0.3) is 0 Å². The molecule has 11 heteroatoms. The summed E-state index contributed by atoms with van der Waals surface area (Å²) in [5, 5.41) is 10.8. The lowest BCUT2D eigenvalue weighted by molar-refractivity contribution is -0.384. The van der Waals surface area contributed by atoms with Gasteiger partial charge < -0.3 is 0 Å². The predicted molar refractivity (Wildman–Crippen MR) is 116 cm³/mol. The van der Waals surface area contributed by atoms with E-state index in [1.165, 1.54) is 20.7 Å². The summed E-state index contributed by atoms with van der Waals surface area (Å²) in [7, 11) is -7.59. The van der Waals surface area contributed by atoms with E-state index in [1.807, 2.05) is 12.1 Å². The Morgan fingerprint density at radius 2 is 1.19 bits per heavy atom. The van der Waals surface area contributed by atoms with Crippen LogP contribution in [-0.2, 0) is 26.5 Å². The Kier molecular flexibility index (Phi) is 6.79. The molecule has 0 N–H and O–H groups in total. The molecule has 1 aliphatic rings. The van der Waals surface area contributed by atoms with E-state index >= 15 is 0 Å². The fourth-order valence-corrected chi connectivity index (χ4v) is 6.30. The number of sulfonamides is 2. The third-order valence-electron chi connectivity index (χ3n) is 5.09. The van der Waals surface area contributed by atoms with Gasteiger partial charge in [-0.1, -0.05) is 26.0 Å². The van der Waals surface area contributed by atoms with Gasteiger partial charge in [-0.05, 0) is 42.2 Å². The van der Waals surface area contributed by atoms with Gasteiger partial charge in [0, 0.05) is 38.3 Å². The fraction of sp³-hybridized carbons (Fsp3) is 0.400. The van der Waals surface area contributed by atoms with E-state index in [1.54, 1.807) is 12.1 Å². The number of non-ortho nitro benzene ring substituents is 1.